The Morgan fingerprint density at radius 3 is 2.37 bits per heavy atom. The molecule has 3 aromatic carbocycles. The predicted molar refractivity (Wildman–Crippen MR) is 113 cm³/mol. The Bertz CT molecular complexity index is 1150. The van der Waals surface area contributed by atoms with Crippen molar-refractivity contribution in [2.45, 2.75) is 13.8 Å². The van der Waals surface area contributed by atoms with Crippen LogP contribution in [-0.4, -0.2) is 26.9 Å². The number of ether oxygens (including phenoxy) is 1. The van der Waals surface area contributed by atoms with Gasteiger partial charge in [0.2, 0.25) is 10.0 Å². The summed E-state index contributed by atoms with van der Waals surface area (Å²) in [6.07, 6.45) is 1.10. The monoisotopic (exact) mass is 449 g/mol. The van der Waals surface area contributed by atoms with Crippen molar-refractivity contribution in [2.24, 2.45) is 0 Å². The van der Waals surface area contributed by atoms with Crippen molar-refractivity contribution in [2.75, 3.05) is 18.1 Å². The smallest absolute Gasteiger partial charge is 0.229 e. The third-order valence-electron chi connectivity index (χ3n) is 4.41. The molecule has 2 N–H and O–H groups in total. The van der Waals surface area contributed by atoms with Crippen LogP contribution in [0.25, 0.3) is 21.9 Å². The zero-order valence-electron chi connectivity index (χ0n) is 15.4. The number of sulfonamides is 1. The van der Waals surface area contributed by atoms with E-state index in [-0.39, 0.29) is 5.75 Å². The van der Waals surface area contributed by atoms with Gasteiger partial charge in [-0.15, -0.1) is 0 Å². The zero-order chi connectivity index (χ0) is 19.9. The van der Waals surface area contributed by atoms with Crippen molar-refractivity contribution in [3.8, 4) is 22.6 Å². The number of anilines is 1. The molecule has 0 aliphatic carbocycles. The van der Waals surface area contributed by atoms with E-state index >= 15 is 0 Å². The van der Waals surface area contributed by atoms with Crippen molar-refractivity contribution in [1.29, 1.82) is 0 Å². The van der Waals surface area contributed by atoms with Crippen LogP contribution in [0, 0.1) is 13.8 Å². The molecule has 0 radical (unpaired) electrons. The molecule has 0 aliphatic rings. The fourth-order valence-electron chi connectivity index (χ4n) is 3.43. The highest BCUT2D eigenvalue weighted by Crippen LogP contribution is 2.46. The summed E-state index contributed by atoms with van der Waals surface area (Å²) in [5.74, 6) is 0.710. The number of hydrogen-bond donors (Lipinski definition) is 2. The molecule has 0 amide bonds. The van der Waals surface area contributed by atoms with Crippen LogP contribution in [-0.2, 0) is 10.0 Å². The van der Waals surface area contributed by atoms with Crippen LogP contribution in [0.3, 0.4) is 0 Å². The number of phenols is 1. The number of hydrogen-bond acceptors (Lipinski definition) is 4. The highest BCUT2D eigenvalue weighted by atomic mass is 79.9. The van der Waals surface area contributed by atoms with Gasteiger partial charge in [0.05, 0.1) is 19.1 Å². The van der Waals surface area contributed by atoms with Crippen LogP contribution < -0.4 is 9.46 Å². The maximum atomic E-state index is 12.0. The fraction of sp³-hybridized carbons (Fsp3) is 0.200. The summed E-state index contributed by atoms with van der Waals surface area (Å²) < 4.78 is 32.9. The molecule has 142 valence electrons. The average Bonchev–Trinajstić information content (AvgIpc) is 2.55. The van der Waals surface area contributed by atoms with E-state index in [0.29, 0.717) is 22.6 Å². The van der Waals surface area contributed by atoms with Crippen LogP contribution in [0.4, 0.5) is 5.69 Å². The number of fused-ring (bicyclic) bond motifs is 1. The Morgan fingerprint density at radius 1 is 1.07 bits per heavy atom. The van der Waals surface area contributed by atoms with E-state index in [2.05, 4.69) is 20.7 Å². The molecule has 0 spiro atoms. The Morgan fingerprint density at radius 2 is 1.74 bits per heavy atom. The second-order valence-corrected chi connectivity index (χ2v) is 9.14. The van der Waals surface area contributed by atoms with Crippen molar-refractivity contribution >= 4 is 42.4 Å². The lowest BCUT2D eigenvalue weighted by atomic mass is 9.91. The average molecular weight is 450 g/mol. The van der Waals surface area contributed by atoms with Crippen LogP contribution in [0.5, 0.6) is 11.5 Å². The van der Waals surface area contributed by atoms with Gasteiger partial charge in [-0.1, -0.05) is 28.1 Å². The second-order valence-electron chi connectivity index (χ2n) is 6.47. The number of aryl methyl sites for hydroxylation is 1. The van der Waals surface area contributed by atoms with Gasteiger partial charge in [0.25, 0.3) is 0 Å². The summed E-state index contributed by atoms with van der Waals surface area (Å²) in [7, 11) is -1.95. The summed E-state index contributed by atoms with van der Waals surface area (Å²) >= 11 is 3.47. The van der Waals surface area contributed by atoms with Crippen LogP contribution in [0.2, 0.25) is 0 Å². The predicted octanol–water partition coefficient (Wildman–Crippen LogP) is 4.97. The van der Waals surface area contributed by atoms with E-state index in [9.17, 15) is 13.5 Å². The van der Waals surface area contributed by atoms with Gasteiger partial charge in [-0.05, 0) is 54.4 Å². The van der Waals surface area contributed by atoms with Gasteiger partial charge in [0.15, 0.2) is 0 Å². The summed E-state index contributed by atoms with van der Waals surface area (Å²) in [6.45, 7) is 3.70. The zero-order valence-corrected chi connectivity index (χ0v) is 17.8. The third-order valence-corrected chi connectivity index (χ3v) is 5.50. The standard InChI is InChI=1S/C20H20BrNO4S/c1-11-9-16(22-27(4,24)25)18(12(2)20(11)26-3)19-15-10-14(21)7-5-13(15)6-8-17(19)23/h5-10,22-23H,1-4H3. The van der Waals surface area contributed by atoms with Crippen molar-refractivity contribution in [3.63, 3.8) is 0 Å². The number of aromatic hydroxyl groups is 1. The minimum Gasteiger partial charge on any atom is -0.507 e. The van der Waals surface area contributed by atoms with Crippen molar-refractivity contribution < 1.29 is 18.3 Å². The lowest BCUT2D eigenvalue weighted by Crippen LogP contribution is -2.12. The molecule has 0 saturated heterocycles. The largest absolute Gasteiger partial charge is 0.507 e. The Labute approximate surface area is 167 Å². The SMILES string of the molecule is COc1c(C)cc(NS(C)(=O)=O)c(-c2c(O)ccc3ccc(Br)cc23)c1C. The van der Waals surface area contributed by atoms with Crippen LogP contribution >= 0.6 is 15.9 Å². The molecule has 3 aromatic rings. The Hall–Kier alpha value is -2.25. The molecule has 0 bridgehead atoms. The normalized spacial score (nSPS) is 11.6. The second kappa shape index (κ2) is 7.05. The van der Waals surface area contributed by atoms with E-state index < -0.39 is 10.0 Å². The van der Waals surface area contributed by atoms with E-state index in [1.165, 1.54) is 0 Å². The molecule has 5 nitrogen and oxygen atoms in total. The number of methoxy groups -OCH3 is 1. The molecular formula is C20H20BrNO4S. The van der Waals surface area contributed by atoms with Crippen LogP contribution in [0.1, 0.15) is 11.1 Å². The van der Waals surface area contributed by atoms with Gasteiger partial charge >= 0.3 is 0 Å². The molecule has 27 heavy (non-hydrogen) atoms. The number of nitrogens with one attached hydrogen (secondary N) is 1. The quantitative estimate of drug-likeness (QED) is 0.589. The molecular weight excluding hydrogens is 430 g/mol. The molecule has 0 atom stereocenters. The fourth-order valence-corrected chi connectivity index (χ4v) is 4.35. The number of halogens is 1. The van der Waals surface area contributed by atoms with Gasteiger partial charge in [-0.2, -0.15) is 0 Å². The van der Waals surface area contributed by atoms with Crippen molar-refractivity contribution in [1.82, 2.24) is 0 Å². The topological polar surface area (TPSA) is 75.6 Å². The van der Waals surface area contributed by atoms with Gasteiger partial charge in [-0.25, -0.2) is 8.42 Å². The van der Waals surface area contributed by atoms with Crippen LogP contribution in [0.15, 0.2) is 40.9 Å². The van der Waals surface area contributed by atoms with Crippen molar-refractivity contribution in [3.05, 3.63) is 52.0 Å². The molecule has 7 heteroatoms. The highest BCUT2D eigenvalue weighted by molar-refractivity contribution is 9.10. The molecule has 0 unspecified atom stereocenters. The molecule has 0 fully saturated rings. The maximum absolute atomic E-state index is 12.0. The van der Waals surface area contributed by atoms with E-state index in [0.717, 1.165) is 32.6 Å². The minimum atomic E-state index is -3.52. The first-order valence-electron chi connectivity index (χ1n) is 8.20. The summed E-state index contributed by atoms with van der Waals surface area (Å²) in [5, 5.41) is 12.4. The first-order chi connectivity index (χ1) is 12.6. The molecule has 0 heterocycles. The lowest BCUT2D eigenvalue weighted by Gasteiger charge is -2.21. The first-order valence-corrected chi connectivity index (χ1v) is 10.9. The number of phenolic OH excluding ortho intramolecular Hbond substituents is 1. The van der Waals surface area contributed by atoms with Gasteiger partial charge in [-0.3, -0.25) is 4.72 Å². The van der Waals surface area contributed by atoms with E-state index in [4.69, 9.17) is 4.74 Å². The highest BCUT2D eigenvalue weighted by Gasteiger charge is 2.22. The molecule has 3 rings (SSSR count). The van der Waals surface area contributed by atoms with Gasteiger partial charge < -0.3 is 9.84 Å². The summed E-state index contributed by atoms with van der Waals surface area (Å²) in [5.41, 5.74) is 3.08. The molecule has 0 aliphatic heterocycles. The Kier molecular flexibility index (Phi) is 5.10. The van der Waals surface area contributed by atoms with Gasteiger partial charge in [0, 0.05) is 21.2 Å². The Balaban J connectivity index is 2.49. The summed E-state index contributed by atoms with van der Waals surface area (Å²) in [4.78, 5) is 0. The summed E-state index contributed by atoms with van der Waals surface area (Å²) in [6, 6.07) is 10.9. The maximum Gasteiger partial charge on any atom is 0.229 e. The molecule has 0 aromatic heterocycles. The lowest BCUT2D eigenvalue weighted by molar-refractivity contribution is 0.409. The third kappa shape index (κ3) is 3.75. The minimum absolute atomic E-state index is 0.0613. The van der Waals surface area contributed by atoms with E-state index in [1.807, 2.05) is 38.1 Å². The number of benzene rings is 3. The first kappa shape index (κ1) is 19.5. The van der Waals surface area contributed by atoms with Gasteiger partial charge in [0.1, 0.15) is 11.5 Å². The number of rotatable bonds is 4. The molecule has 0 saturated carbocycles. The van der Waals surface area contributed by atoms with E-state index in [1.54, 1.807) is 19.2 Å².